The van der Waals surface area contributed by atoms with Crippen molar-refractivity contribution in [1.82, 2.24) is 10.4 Å². The number of benzene rings is 1. The van der Waals surface area contributed by atoms with E-state index in [0.29, 0.717) is 10.0 Å². The molecule has 1 aromatic carbocycles. The van der Waals surface area contributed by atoms with Crippen molar-refractivity contribution in [2.24, 2.45) is 5.84 Å². The normalized spacial score (nSPS) is 12.4. The van der Waals surface area contributed by atoms with Crippen LogP contribution in [0.3, 0.4) is 0 Å². The van der Waals surface area contributed by atoms with E-state index >= 15 is 0 Å². The number of aromatic nitrogens is 1. The molecule has 1 heterocycles. The highest BCUT2D eigenvalue weighted by molar-refractivity contribution is 6.35. The highest BCUT2D eigenvalue weighted by Crippen LogP contribution is 2.30. The lowest BCUT2D eigenvalue weighted by molar-refractivity contribution is 0.631. The minimum Gasteiger partial charge on any atom is -0.271 e. The summed E-state index contributed by atoms with van der Waals surface area (Å²) in [4.78, 5) is 4.12. The van der Waals surface area contributed by atoms with Crippen LogP contribution in [0.15, 0.2) is 36.7 Å². The lowest BCUT2D eigenvalue weighted by atomic mass is 9.97. The van der Waals surface area contributed by atoms with Crippen LogP contribution in [0.25, 0.3) is 0 Å². The molecule has 0 saturated heterocycles. The second-order valence-electron chi connectivity index (χ2n) is 4.00. The van der Waals surface area contributed by atoms with Crippen molar-refractivity contribution in [3.63, 3.8) is 0 Å². The predicted molar refractivity (Wildman–Crippen MR) is 74.6 cm³/mol. The topological polar surface area (TPSA) is 50.9 Å². The fraction of sp³-hybridized carbons (Fsp3) is 0.154. The van der Waals surface area contributed by atoms with Crippen LogP contribution in [0.5, 0.6) is 0 Å². The molecule has 1 atom stereocenters. The Morgan fingerprint density at radius 1 is 1.22 bits per heavy atom. The van der Waals surface area contributed by atoms with Crippen LogP contribution in [0.2, 0.25) is 10.0 Å². The van der Waals surface area contributed by atoms with Crippen molar-refractivity contribution >= 4 is 23.2 Å². The second kappa shape index (κ2) is 5.67. The van der Waals surface area contributed by atoms with Crippen LogP contribution in [0.4, 0.5) is 0 Å². The van der Waals surface area contributed by atoms with E-state index in [9.17, 15) is 0 Å². The van der Waals surface area contributed by atoms with Gasteiger partial charge in [0, 0.05) is 22.4 Å². The number of aryl methyl sites for hydroxylation is 1. The molecular formula is C13H13Cl2N3. The molecular weight excluding hydrogens is 269 g/mol. The molecule has 2 rings (SSSR count). The Hall–Kier alpha value is -1.13. The number of hydrogen-bond donors (Lipinski definition) is 2. The number of rotatable bonds is 3. The molecule has 0 aliphatic heterocycles. The van der Waals surface area contributed by atoms with Gasteiger partial charge < -0.3 is 0 Å². The summed E-state index contributed by atoms with van der Waals surface area (Å²) >= 11 is 12.1. The highest BCUT2D eigenvalue weighted by atomic mass is 35.5. The first kappa shape index (κ1) is 13.3. The number of nitrogens with two attached hydrogens (primary N) is 1. The quantitative estimate of drug-likeness (QED) is 0.671. The van der Waals surface area contributed by atoms with E-state index < -0.39 is 0 Å². The van der Waals surface area contributed by atoms with Gasteiger partial charge in [0.1, 0.15) is 0 Å². The Labute approximate surface area is 116 Å². The number of nitrogens with one attached hydrogen (secondary N) is 1. The van der Waals surface area contributed by atoms with Gasteiger partial charge in [-0.05, 0) is 41.8 Å². The lowest BCUT2D eigenvalue weighted by Gasteiger charge is -2.19. The Balaban J connectivity index is 2.49. The minimum atomic E-state index is -0.205. The zero-order valence-electron chi connectivity index (χ0n) is 9.82. The van der Waals surface area contributed by atoms with Gasteiger partial charge >= 0.3 is 0 Å². The Kier molecular flexibility index (Phi) is 4.19. The van der Waals surface area contributed by atoms with Crippen LogP contribution in [0.1, 0.15) is 22.7 Å². The van der Waals surface area contributed by atoms with Crippen molar-refractivity contribution in [1.29, 1.82) is 0 Å². The first-order valence-electron chi connectivity index (χ1n) is 5.45. The Bertz CT molecular complexity index is 558. The zero-order valence-corrected chi connectivity index (χ0v) is 11.3. The van der Waals surface area contributed by atoms with Crippen molar-refractivity contribution in [3.8, 4) is 0 Å². The van der Waals surface area contributed by atoms with Gasteiger partial charge in [-0.3, -0.25) is 10.8 Å². The average Bonchev–Trinajstić information content (AvgIpc) is 2.34. The maximum absolute atomic E-state index is 6.20. The molecule has 18 heavy (non-hydrogen) atoms. The molecule has 0 fully saturated rings. The van der Waals surface area contributed by atoms with Crippen molar-refractivity contribution in [2.45, 2.75) is 13.0 Å². The summed E-state index contributed by atoms with van der Waals surface area (Å²) in [7, 11) is 0. The van der Waals surface area contributed by atoms with Crippen LogP contribution >= 0.6 is 23.2 Å². The molecule has 0 amide bonds. The molecule has 94 valence electrons. The average molecular weight is 282 g/mol. The number of pyridine rings is 1. The SMILES string of the molecule is Cc1ccncc1C(NN)c1ccc(Cl)cc1Cl. The molecule has 0 aliphatic carbocycles. The molecule has 5 heteroatoms. The van der Waals surface area contributed by atoms with Gasteiger partial charge in [-0.25, -0.2) is 5.43 Å². The third-order valence-electron chi connectivity index (χ3n) is 2.83. The first-order chi connectivity index (χ1) is 8.63. The molecule has 1 unspecified atom stereocenters. The van der Waals surface area contributed by atoms with Crippen molar-refractivity contribution < 1.29 is 0 Å². The van der Waals surface area contributed by atoms with Crippen LogP contribution in [-0.4, -0.2) is 4.98 Å². The largest absolute Gasteiger partial charge is 0.271 e. The van der Waals surface area contributed by atoms with Gasteiger partial charge in [0.2, 0.25) is 0 Å². The summed E-state index contributed by atoms with van der Waals surface area (Å²) in [5, 5.41) is 1.18. The maximum atomic E-state index is 6.20. The lowest BCUT2D eigenvalue weighted by Crippen LogP contribution is -2.29. The third-order valence-corrected chi connectivity index (χ3v) is 3.39. The van der Waals surface area contributed by atoms with Gasteiger partial charge in [-0.15, -0.1) is 0 Å². The molecule has 0 radical (unpaired) electrons. The van der Waals surface area contributed by atoms with Gasteiger partial charge in [-0.1, -0.05) is 29.3 Å². The molecule has 0 spiro atoms. The standard InChI is InChI=1S/C13H13Cl2N3/c1-8-4-5-17-7-11(8)13(18-16)10-3-2-9(14)6-12(10)15/h2-7,13,18H,16H2,1H3. The van der Waals surface area contributed by atoms with Gasteiger partial charge in [-0.2, -0.15) is 0 Å². The van der Waals surface area contributed by atoms with Crippen LogP contribution in [0, 0.1) is 6.92 Å². The molecule has 1 aromatic heterocycles. The third kappa shape index (κ3) is 2.65. The Morgan fingerprint density at radius 2 is 2.00 bits per heavy atom. The van der Waals surface area contributed by atoms with Crippen LogP contribution < -0.4 is 11.3 Å². The van der Waals surface area contributed by atoms with Crippen molar-refractivity contribution in [3.05, 3.63) is 63.4 Å². The number of hydrazine groups is 1. The van der Waals surface area contributed by atoms with E-state index in [1.807, 2.05) is 19.1 Å². The summed E-state index contributed by atoms with van der Waals surface area (Å²) in [5.41, 5.74) is 5.73. The van der Waals surface area contributed by atoms with E-state index in [0.717, 1.165) is 16.7 Å². The second-order valence-corrected chi connectivity index (χ2v) is 4.84. The summed E-state index contributed by atoms with van der Waals surface area (Å²) < 4.78 is 0. The summed E-state index contributed by atoms with van der Waals surface area (Å²) in [6, 6.07) is 7.08. The maximum Gasteiger partial charge on any atom is 0.0742 e. The first-order valence-corrected chi connectivity index (χ1v) is 6.20. The van der Waals surface area contributed by atoms with E-state index in [4.69, 9.17) is 29.0 Å². The number of halogens is 2. The molecule has 0 bridgehead atoms. The van der Waals surface area contributed by atoms with E-state index in [2.05, 4.69) is 10.4 Å². The molecule has 3 N–H and O–H groups in total. The summed E-state index contributed by atoms with van der Waals surface area (Å²) in [5.74, 6) is 5.64. The molecule has 3 nitrogen and oxygen atoms in total. The minimum absolute atomic E-state index is 0.205. The Morgan fingerprint density at radius 3 is 2.61 bits per heavy atom. The highest BCUT2D eigenvalue weighted by Gasteiger charge is 2.17. The fourth-order valence-corrected chi connectivity index (χ4v) is 2.38. The van der Waals surface area contributed by atoms with E-state index in [-0.39, 0.29) is 6.04 Å². The summed E-state index contributed by atoms with van der Waals surface area (Å²) in [6.45, 7) is 2.01. The number of hydrogen-bond acceptors (Lipinski definition) is 3. The van der Waals surface area contributed by atoms with Gasteiger partial charge in [0.25, 0.3) is 0 Å². The van der Waals surface area contributed by atoms with E-state index in [1.165, 1.54) is 0 Å². The van der Waals surface area contributed by atoms with Gasteiger partial charge in [0.05, 0.1) is 6.04 Å². The van der Waals surface area contributed by atoms with Gasteiger partial charge in [0.15, 0.2) is 0 Å². The number of nitrogens with zero attached hydrogens (tertiary/aromatic N) is 1. The van der Waals surface area contributed by atoms with Crippen LogP contribution in [-0.2, 0) is 0 Å². The molecule has 2 aromatic rings. The summed E-state index contributed by atoms with van der Waals surface area (Å²) in [6.07, 6.45) is 3.53. The fourth-order valence-electron chi connectivity index (χ4n) is 1.86. The molecule has 0 aliphatic rings. The van der Waals surface area contributed by atoms with Crippen molar-refractivity contribution in [2.75, 3.05) is 0 Å². The monoisotopic (exact) mass is 281 g/mol. The predicted octanol–water partition coefficient (Wildman–Crippen LogP) is 3.25. The smallest absolute Gasteiger partial charge is 0.0742 e. The van der Waals surface area contributed by atoms with E-state index in [1.54, 1.807) is 24.5 Å². The molecule has 0 saturated carbocycles. The zero-order chi connectivity index (χ0) is 13.1.